The van der Waals surface area contributed by atoms with Crippen LogP contribution in [0, 0.1) is 27.3 Å². The maximum atomic E-state index is 14.4. The van der Waals surface area contributed by atoms with Crippen LogP contribution in [-0.4, -0.2) is 26.7 Å². The molecule has 0 N–H and O–H groups in total. The first kappa shape index (κ1) is 17.9. The minimum atomic E-state index is -0.955. The summed E-state index contributed by atoms with van der Waals surface area (Å²) < 4.78 is 20.6. The molecule has 23 heavy (non-hydrogen) atoms. The minimum Gasteiger partial charge on any atom is -0.397 e. The maximum Gasteiger partial charge on any atom is 0.272 e. The molecule has 1 aliphatic rings. The van der Waals surface area contributed by atoms with Crippen molar-refractivity contribution < 1.29 is 13.7 Å². The largest absolute Gasteiger partial charge is 0.397 e. The van der Waals surface area contributed by atoms with Crippen molar-refractivity contribution in [2.75, 3.05) is 11.4 Å². The highest BCUT2D eigenvalue weighted by Gasteiger charge is 2.42. The molecule has 2 rings (SSSR count). The summed E-state index contributed by atoms with van der Waals surface area (Å²) in [6, 6.07) is 3.83. The van der Waals surface area contributed by atoms with E-state index in [0.717, 1.165) is 12.5 Å². The smallest absolute Gasteiger partial charge is 0.272 e. The van der Waals surface area contributed by atoms with Gasteiger partial charge in [-0.1, -0.05) is 20.8 Å². The lowest BCUT2D eigenvalue weighted by Crippen LogP contribution is -2.42. The van der Waals surface area contributed by atoms with Gasteiger partial charge >= 0.3 is 0 Å². The molecular weight excluding hydrogens is 315 g/mol. The van der Waals surface area contributed by atoms with Crippen molar-refractivity contribution in [1.82, 2.24) is 0 Å². The van der Waals surface area contributed by atoms with E-state index < -0.39 is 19.8 Å². The molecule has 1 fully saturated rings. The molecule has 1 aromatic carbocycles. The third-order valence-corrected chi connectivity index (χ3v) is 4.97. The van der Waals surface area contributed by atoms with E-state index in [1.807, 2.05) is 4.90 Å². The molecule has 1 aromatic rings. The van der Waals surface area contributed by atoms with Gasteiger partial charge in [-0.15, -0.1) is 0 Å². The van der Waals surface area contributed by atoms with Crippen LogP contribution in [0.5, 0.6) is 0 Å². The first-order chi connectivity index (χ1) is 10.6. The van der Waals surface area contributed by atoms with Crippen LogP contribution in [0.3, 0.4) is 0 Å². The van der Waals surface area contributed by atoms with Crippen LogP contribution >= 0.6 is 0 Å². The second-order valence-electron chi connectivity index (χ2n) is 7.26. The van der Waals surface area contributed by atoms with Crippen LogP contribution in [0.25, 0.3) is 0 Å². The predicted octanol–water partition coefficient (Wildman–Crippen LogP) is 4.20. The Morgan fingerprint density at radius 2 is 2.04 bits per heavy atom. The number of nitro groups is 1. The number of anilines is 1. The number of hydrogen-bond donors (Lipinski definition) is 0. The van der Waals surface area contributed by atoms with Crippen molar-refractivity contribution in [2.24, 2.45) is 11.3 Å². The fourth-order valence-electron chi connectivity index (χ4n) is 3.11. The number of rotatable bonds is 4. The third-order valence-electron chi connectivity index (χ3n) is 4.25. The van der Waals surface area contributed by atoms with E-state index in [9.17, 15) is 14.5 Å². The van der Waals surface area contributed by atoms with Gasteiger partial charge in [-0.2, -0.15) is 0 Å². The van der Waals surface area contributed by atoms with E-state index in [1.165, 1.54) is 12.1 Å². The molecule has 0 saturated carbocycles. The van der Waals surface area contributed by atoms with Gasteiger partial charge in [0.1, 0.15) is 6.23 Å². The Balaban J connectivity index is 2.35. The number of non-ortho nitro benzene ring substituents is 1. The van der Waals surface area contributed by atoms with Crippen molar-refractivity contribution in [1.29, 1.82) is 0 Å². The lowest BCUT2D eigenvalue weighted by atomic mass is 9.79. The third kappa shape index (κ3) is 3.90. The lowest BCUT2D eigenvalue weighted by molar-refractivity contribution is -0.385. The van der Waals surface area contributed by atoms with Crippen LogP contribution in [0.1, 0.15) is 27.2 Å². The van der Waals surface area contributed by atoms with E-state index in [4.69, 9.17) is 4.43 Å². The number of benzene rings is 1. The van der Waals surface area contributed by atoms with Gasteiger partial charge in [0.05, 0.1) is 16.7 Å². The molecule has 127 valence electrons. The summed E-state index contributed by atoms with van der Waals surface area (Å²) in [7, 11) is -0.955. The van der Waals surface area contributed by atoms with E-state index in [-0.39, 0.29) is 23.2 Å². The summed E-state index contributed by atoms with van der Waals surface area (Å²) in [4.78, 5) is 12.1. The highest BCUT2D eigenvalue weighted by atomic mass is 28.3. The van der Waals surface area contributed by atoms with Gasteiger partial charge in [0.15, 0.2) is 5.82 Å². The molecule has 1 heterocycles. The Morgan fingerprint density at radius 1 is 1.39 bits per heavy atom. The fraction of sp³-hybridized carbons (Fsp3) is 0.625. The van der Waals surface area contributed by atoms with E-state index >= 15 is 0 Å². The average molecular weight is 339 g/mol. The number of hydrogen-bond acceptors (Lipinski definition) is 4. The highest BCUT2D eigenvalue weighted by Crippen LogP contribution is 2.42. The molecule has 0 amide bonds. The molecule has 2 atom stereocenters. The zero-order valence-electron chi connectivity index (χ0n) is 14.3. The molecule has 7 heteroatoms. The van der Waals surface area contributed by atoms with E-state index in [0.29, 0.717) is 12.2 Å². The standard InChI is InChI=1S/C16H24FN2O3Si/c1-16(2,3)12-8-9-18(15(12)22-23(4)5)14-7-6-11(19(20)21)10-13(14)17/h6-7,10,12,15H,8-9H2,1-5H3/t12-,15?/m0/s1. The Hall–Kier alpha value is -1.47. The van der Waals surface area contributed by atoms with Gasteiger partial charge in [-0.3, -0.25) is 10.1 Å². The van der Waals surface area contributed by atoms with Crippen molar-refractivity contribution >= 4 is 20.4 Å². The fourth-order valence-corrected chi connectivity index (χ4v) is 3.89. The Kier molecular flexibility index (Phi) is 5.10. The van der Waals surface area contributed by atoms with Gasteiger partial charge in [-0.25, -0.2) is 4.39 Å². The summed E-state index contributed by atoms with van der Waals surface area (Å²) >= 11 is 0. The SMILES string of the molecule is C[Si](C)OC1[C@@H](C(C)(C)C)CCN1c1ccc([N+](=O)[O-])cc1F. The lowest BCUT2D eigenvalue weighted by Gasteiger charge is -2.37. The Morgan fingerprint density at radius 3 is 2.52 bits per heavy atom. The molecule has 1 aliphatic heterocycles. The molecule has 1 saturated heterocycles. The van der Waals surface area contributed by atoms with Crippen molar-refractivity contribution in [3.63, 3.8) is 0 Å². The van der Waals surface area contributed by atoms with Gasteiger partial charge in [0.25, 0.3) is 5.69 Å². The van der Waals surface area contributed by atoms with E-state index in [1.54, 1.807) is 0 Å². The zero-order valence-corrected chi connectivity index (χ0v) is 15.3. The summed E-state index contributed by atoms with van der Waals surface area (Å²) in [6.45, 7) is 11.3. The van der Waals surface area contributed by atoms with Gasteiger partial charge < -0.3 is 9.33 Å². The van der Waals surface area contributed by atoms with E-state index in [2.05, 4.69) is 33.9 Å². The summed E-state index contributed by atoms with van der Waals surface area (Å²) in [5.74, 6) is -0.277. The molecule has 0 bridgehead atoms. The van der Waals surface area contributed by atoms with Crippen LogP contribution in [-0.2, 0) is 4.43 Å². The first-order valence-corrected chi connectivity index (χ1v) is 10.2. The minimum absolute atomic E-state index is 0.0496. The second-order valence-corrected chi connectivity index (χ2v) is 9.32. The molecule has 0 aromatic heterocycles. The van der Waals surface area contributed by atoms with Crippen LogP contribution in [0.4, 0.5) is 15.8 Å². The van der Waals surface area contributed by atoms with Crippen LogP contribution in [0.2, 0.25) is 13.1 Å². The number of nitrogens with zero attached hydrogens (tertiary/aromatic N) is 2. The van der Waals surface area contributed by atoms with Gasteiger partial charge in [-0.05, 0) is 31.0 Å². The molecule has 5 nitrogen and oxygen atoms in total. The van der Waals surface area contributed by atoms with Crippen molar-refractivity contribution in [3.05, 3.63) is 34.1 Å². The predicted molar refractivity (Wildman–Crippen MR) is 90.3 cm³/mol. The second kappa shape index (κ2) is 6.57. The quantitative estimate of drug-likeness (QED) is 0.469. The normalized spacial score (nSPS) is 22.0. The monoisotopic (exact) mass is 339 g/mol. The molecule has 1 radical (unpaired) electrons. The average Bonchev–Trinajstić information content (AvgIpc) is 2.81. The summed E-state index contributed by atoms with van der Waals surface area (Å²) in [5.41, 5.74) is 0.204. The van der Waals surface area contributed by atoms with Crippen molar-refractivity contribution in [2.45, 2.75) is 46.5 Å². The Bertz CT molecular complexity index is 589. The number of halogens is 1. The summed E-state index contributed by atoms with van der Waals surface area (Å²) in [6.07, 6.45) is 0.731. The van der Waals surface area contributed by atoms with Crippen molar-refractivity contribution in [3.8, 4) is 0 Å². The van der Waals surface area contributed by atoms with Gasteiger partial charge in [0.2, 0.25) is 9.04 Å². The highest BCUT2D eigenvalue weighted by molar-refractivity contribution is 6.48. The molecule has 0 spiro atoms. The topological polar surface area (TPSA) is 55.6 Å². The van der Waals surface area contributed by atoms with Gasteiger partial charge in [0, 0.05) is 18.5 Å². The summed E-state index contributed by atoms with van der Waals surface area (Å²) in [5, 5.41) is 10.8. The zero-order chi connectivity index (χ0) is 17.4. The van der Waals surface area contributed by atoms with Crippen LogP contribution < -0.4 is 4.90 Å². The Labute approximate surface area is 138 Å². The molecule has 0 aliphatic carbocycles. The molecular formula is C16H24FN2O3Si. The number of nitro benzene ring substituents is 1. The molecule has 1 unspecified atom stereocenters. The maximum absolute atomic E-state index is 14.4. The van der Waals surface area contributed by atoms with Crippen LogP contribution in [0.15, 0.2) is 18.2 Å². The first-order valence-electron chi connectivity index (χ1n) is 7.78.